The molecule has 0 aromatic rings. The Balaban J connectivity index is 2.37. The SMILES string of the molecule is CC1CC(OS)O[C@H](CO)C1. The van der Waals surface area contributed by atoms with Gasteiger partial charge in [-0.3, -0.25) is 4.18 Å². The lowest BCUT2D eigenvalue weighted by Crippen LogP contribution is -2.34. The van der Waals surface area contributed by atoms with Crippen LogP contribution in [0.5, 0.6) is 0 Å². The summed E-state index contributed by atoms with van der Waals surface area (Å²) in [7, 11) is 0. The van der Waals surface area contributed by atoms with E-state index in [9.17, 15) is 0 Å². The number of thiol groups is 1. The minimum absolute atomic E-state index is 0.0674. The Morgan fingerprint density at radius 1 is 1.64 bits per heavy atom. The van der Waals surface area contributed by atoms with E-state index >= 15 is 0 Å². The van der Waals surface area contributed by atoms with Crippen molar-refractivity contribution in [1.82, 2.24) is 0 Å². The Morgan fingerprint density at radius 3 is 2.91 bits per heavy atom. The van der Waals surface area contributed by atoms with E-state index in [-0.39, 0.29) is 19.0 Å². The Labute approximate surface area is 72.3 Å². The monoisotopic (exact) mass is 178 g/mol. The van der Waals surface area contributed by atoms with Crippen LogP contribution in [0.15, 0.2) is 0 Å². The van der Waals surface area contributed by atoms with E-state index in [1.807, 2.05) is 0 Å². The third-order valence-electron chi connectivity index (χ3n) is 1.93. The zero-order valence-electron chi connectivity index (χ0n) is 6.56. The van der Waals surface area contributed by atoms with Gasteiger partial charge in [-0.1, -0.05) is 6.92 Å². The minimum atomic E-state index is -0.251. The average molecular weight is 178 g/mol. The summed E-state index contributed by atoms with van der Waals surface area (Å²) in [6, 6.07) is 0. The maximum Gasteiger partial charge on any atom is 0.170 e. The molecule has 0 aromatic carbocycles. The van der Waals surface area contributed by atoms with Crippen LogP contribution in [-0.4, -0.2) is 24.1 Å². The second-order valence-corrected chi connectivity index (χ2v) is 3.26. The molecule has 1 aliphatic heterocycles. The van der Waals surface area contributed by atoms with Crippen molar-refractivity contribution >= 4 is 12.9 Å². The highest BCUT2D eigenvalue weighted by molar-refractivity contribution is 7.75. The second-order valence-electron chi connectivity index (χ2n) is 3.05. The highest BCUT2D eigenvalue weighted by atomic mass is 32.1. The van der Waals surface area contributed by atoms with Gasteiger partial charge in [-0.15, -0.1) is 0 Å². The number of ether oxygens (including phenoxy) is 1. The standard InChI is InChI=1S/C7H14O3S/c1-5-2-6(4-8)9-7(3-5)10-11/h5-8,11H,2-4H2,1H3/t5?,6-,7?/m0/s1. The van der Waals surface area contributed by atoms with Gasteiger partial charge in [0.2, 0.25) is 0 Å². The fourth-order valence-electron chi connectivity index (χ4n) is 1.38. The molecule has 1 aliphatic rings. The minimum Gasteiger partial charge on any atom is -0.394 e. The van der Waals surface area contributed by atoms with Crippen molar-refractivity contribution in [3.05, 3.63) is 0 Å². The van der Waals surface area contributed by atoms with Gasteiger partial charge in [0.15, 0.2) is 6.29 Å². The molecule has 4 heteroatoms. The van der Waals surface area contributed by atoms with Gasteiger partial charge in [-0.25, -0.2) is 0 Å². The summed E-state index contributed by atoms with van der Waals surface area (Å²) in [5.41, 5.74) is 0. The lowest BCUT2D eigenvalue weighted by atomic mass is 9.97. The van der Waals surface area contributed by atoms with Gasteiger partial charge in [-0.05, 0) is 25.2 Å². The fourth-order valence-corrected chi connectivity index (χ4v) is 1.52. The molecule has 0 saturated carbocycles. The molecule has 1 rings (SSSR count). The molecule has 2 unspecified atom stereocenters. The van der Waals surface area contributed by atoms with Crippen LogP contribution in [0, 0.1) is 5.92 Å². The molecule has 0 amide bonds. The summed E-state index contributed by atoms with van der Waals surface area (Å²) in [4.78, 5) is 0. The molecular weight excluding hydrogens is 164 g/mol. The van der Waals surface area contributed by atoms with Gasteiger partial charge in [0.05, 0.1) is 12.7 Å². The van der Waals surface area contributed by atoms with Gasteiger partial charge in [-0.2, -0.15) is 0 Å². The van der Waals surface area contributed by atoms with Crippen molar-refractivity contribution in [1.29, 1.82) is 0 Å². The van der Waals surface area contributed by atoms with Crippen molar-refractivity contribution in [3.8, 4) is 0 Å². The largest absolute Gasteiger partial charge is 0.394 e. The summed E-state index contributed by atoms with van der Waals surface area (Å²) in [5.74, 6) is 0.540. The van der Waals surface area contributed by atoms with Crippen LogP contribution in [0.1, 0.15) is 19.8 Å². The summed E-state index contributed by atoms with van der Waals surface area (Å²) in [6.45, 7) is 2.18. The maximum absolute atomic E-state index is 8.82. The molecule has 0 aliphatic carbocycles. The first-order valence-corrected chi connectivity index (χ1v) is 4.19. The molecule has 66 valence electrons. The second kappa shape index (κ2) is 4.30. The first-order valence-electron chi connectivity index (χ1n) is 3.82. The molecule has 1 heterocycles. The Bertz CT molecular complexity index is 108. The topological polar surface area (TPSA) is 38.7 Å². The van der Waals surface area contributed by atoms with E-state index in [4.69, 9.17) is 14.0 Å². The van der Waals surface area contributed by atoms with E-state index in [1.165, 1.54) is 0 Å². The van der Waals surface area contributed by atoms with Gasteiger partial charge < -0.3 is 9.84 Å². The van der Waals surface area contributed by atoms with Crippen molar-refractivity contribution in [2.24, 2.45) is 5.92 Å². The van der Waals surface area contributed by atoms with Crippen LogP contribution in [-0.2, 0) is 8.92 Å². The summed E-state index contributed by atoms with van der Waals surface area (Å²) >= 11 is 3.68. The molecule has 0 bridgehead atoms. The third kappa shape index (κ3) is 2.63. The summed E-state index contributed by atoms with van der Waals surface area (Å²) in [6.07, 6.45) is 1.44. The van der Waals surface area contributed by atoms with Crippen molar-refractivity contribution in [3.63, 3.8) is 0 Å². The van der Waals surface area contributed by atoms with Crippen LogP contribution < -0.4 is 0 Å². The van der Waals surface area contributed by atoms with E-state index < -0.39 is 0 Å². The molecule has 0 spiro atoms. The molecule has 1 N–H and O–H groups in total. The lowest BCUT2D eigenvalue weighted by molar-refractivity contribution is -0.163. The number of rotatable bonds is 2. The number of hydrogen-bond donors (Lipinski definition) is 2. The van der Waals surface area contributed by atoms with E-state index in [1.54, 1.807) is 0 Å². The number of aliphatic hydroxyl groups is 1. The summed E-state index contributed by atoms with van der Waals surface area (Å²) in [5, 5.41) is 8.82. The van der Waals surface area contributed by atoms with Crippen LogP contribution in [0.4, 0.5) is 0 Å². The first kappa shape index (κ1) is 9.32. The number of hydrogen-bond acceptors (Lipinski definition) is 4. The van der Waals surface area contributed by atoms with Crippen molar-refractivity contribution < 1.29 is 14.0 Å². The quantitative estimate of drug-likeness (QED) is 0.489. The zero-order chi connectivity index (χ0) is 8.27. The van der Waals surface area contributed by atoms with E-state index in [0.29, 0.717) is 5.92 Å². The van der Waals surface area contributed by atoms with Gasteiger partial charge in [0.1, 0.15) is 0 Å². The van der Waals surface area contributed by atoms with E-state index in [0.717, 1.165) is 12.8 Å². The smallest absolute Gasteiger partial charge is 0.170 e. The molecule has 3 nitrogen and oxygen atoms in total. The Kier molecular flexibility index (Phi) is 3.65. The van der Waals surface area contributed by atoms with Gasteiger partial charge in [0.25, 0.3) is 0 Å². The van der Waals surface area contributed by atoms with Gasteiger partial charge in [0, 0.05) is 6.42 Å². The zero-order valence-corrected chi connectivity index (χ0v) is 7.46. The Hall–Kier alpha value is 0.230. The van der Waals surface area contributed by atoms with Crippen LogP contribution in [0.3, 0.4) is 0 Å². The lowest BCUT2D eigenvalue weighted by Gasteiger charge is -2.31. The predicted octanol–water partition coefficient (Wildman–Crippen LogP) is 0.981. The average Bonchev–Trinajstić information content (AvgIpc) is 2.03. The van der Waals surface area contributed by atoms with Crippen LogP contribution in [0.2, 0.25) is 0 Å². The molecule has 0 aromatic heterocycles. The van der Waals surface area contributed by atoms with Crippen LogP contribution >= 0.6 is 12.9 Å². The number of aliphatic hydroxyl groups excluding tert-OH is 1. The molecule has 1 fully saturated rings. The highest BCUT2D eigenvalue weighted by Crippen LogP contribution is 2.25. The molecule has 1 saturated heterocycles. The summed E-state index contributed by atoms with van der Waals surface area (Å²) < 4.78 is 10.1. The van der Waals surface area contributed by atoms with Crippen LogP contribution in [0.25, 0.3) is 0 Å². The molecule has 11 heavy (non-hydrogen) atoms. The molecule has 0 radical (unpaired) electrons. The highest BCUT2D eigenvalue weighted by Gasteiger charge is 2.26. The molecular formula is C7H14O3S. The van der Waals surface area contributed by atoms with Crippen molar-refractivity contribution in [2.75, 3.05) is 6.61 Å². The fraction of sp³-hybridized carbons (Fsp3) is 1.00. The molecule has 3 atom stereocenters. The van der Waals surface area contributed by atoms with Crippen molar-refractivity contribution in [2.45, 2.75) is 32.2 Å². The third-order valence-corrected chi connectivity index (χ3v) is 2.16. The Morgan fingerprint density at radius 2 is 2.36 bits per heavy atom. The van der Waals surface area contributed by atoms with E-state index in [2.05, 4.69) is 19.8 Å². The normalized spacial score (nSPS) is 39.0. The van der Waals surface area contributed by atoms with Gasteiger partial charge >= 0.3 is 0 Å². The first-order chi connectivity index (χ1) is 5.26. The predicted molar refractivity (Wildman–Crippen MR) is 44.2 cm³/mol. The maximum atomic E-state index is 8.82.